The van der Waals surface area contributed by atoms with E-state index in [0.717, 1.165) is 0 Å². The Morgan fingerprint density at radius 1 is 1.38 bits per heavy atom. The van der Waals surface area contributed by atoms with Crippen LogP contribution in [0.1, 0.15) is 20.8 Å². The molecule has 0 aromatic carbocycles. The summed E-state index contributed by atoms with van der Waals surface area (Å²) in [4.78, 5) is 13.2. The highest BCUT2D eigenvalue weighted by Crippen LogP contribution is 2.31. The molecule has 2 rings (SSSR count). The highest BCUT2D eigenvalue weighted by atomic mass is 16.6. The number of morpholine rings is 1. The number of fused-ring (bicyclic) bond motifs is 1. The second kappa shape index (κ2) is 2.61. The number of nitrogens with zero attached hydrogens (tertiary/aromatic N) is 1. The molecule has 0 spiro atoms. The van der Waals surface area contributed by atoms with Crippen LogP contribution in [0, 0.1) is 0 Å². The molecule has 2 fully saturated rings. The summed E-state index contributed by atoms with van der Waals surface area (Å²) in [7, 11) is 0. The van der Waals surface area contributed by atoms with E-state index in [0.29, 0.717) is 13.1 Å². The summed E-state index contributed by atoms with van der Waals surface area (Å²) in [6, 6.07) is 0. The summed E-state index contributed by atoms with van der Waals surface area (Å²) in [5.41, 5.74) is -0.398. The summed E-state index contributed by atoms with van der Waals surface area (Å²) in [6.07, 6.45) is 0.350. The average Bonchev–Trinajstić information content (AvgIpc) is 2.55. The van der Waals surface area contributed by atoms with Gasteiger partial charge in [-0.3, -0.25) is 0 Å². The molecule has 0 N–H and O–H groups in total. The van der Waals surface area contributed by atoms with Crippen molar-refractivity contribution < 1.29 is 14.3 Å². The van der Waals surface area contributed by atoms with E-state index in [1.165, 1.54) is 0 Å². The number of ether oxygens (including phenoxy) is 2. The van der Waals surface area contributed by atoms with Gasteiger partial charge in [0.2, 0.25) is 0 Å². The minimum Gasteiger partial charge on any atom is -0.444 e. The van der Waals surface area contributed by atoms with Gasteiger partial charge in [-0.25, -0.2) is 4.79 Å². The van der Waals surface area contributed by atoms with Crippen LogP contribution >= 0.6 is 0 Å². The summed E-state index contributed by atoms with van der Waals surface area (Å²) >= 11 is 0. The lowest BCUT2D eigenvalue weighted by Crippen LogP contribution is -2.37. The molecule has 0 aromatic rings. The molecule has 0 saturated carbocycles. The number of carbonyl (C=O) groups is 1. The molecule has 0 aliphatic carbocycles. The van der Waals surface area contributed by atoms with Crippen LogP contribution in [0.4, 0.5) is 4.79 Å². The first kappa shape index (κ1) is 8.81. The van der Waals surface area contributed by atoms with Gasteiger partial charge in [0.1, 0.15) is 17.8 Å². The minimum atomic E-state index is -0.398. The number of rotatable bonds is 0. The Labute approximate surface area is 77.8 Å². The standard InChI is InChI=1S/C9H15NO3/c1-9(2,3)13-8(11)10-4-6-7(5-10)12-6/h6-7H,4-5H2,1-3H3/t6-,7-/m0/s1. The zero-order chi connectivity index (χ0) is 9.64. The van der Waals surface area contributed by atoms with Gasteiger partial charge < -0.3 is 14.4 Å². The van der Waals surface area contributed by atoms with Crippen LogP contribution in [-0.4, -0.2) is 41.9 Å². The molecule has 2 saturated heterocycles. The molecule has 0 aromatic heterocycles. The van der Waals surface area contributed by atoms with Crippen molar-refractivity contribution in [2.75, 3.05) is 13.1 Å². The molecular formula is C9H15NO3. The maximum atomic E-state index is 11.5. The van der Waals surface area contributed by atoms with E-state index in [9.17, 15) is 4.79 Å². The zero-order valence-corrected chi connectivity index (χ0v) is 8.24. The summed E-state index contributed by atoms with van der Waals surface area (Å²) < 4.78 is 10.4. The van der Waals surface area contributed by atoms with Crippen LogP contribution in [0.3, 0.4) is 0 Å². The fourth-order valence-electron chi connectivity index (χ4n) is 1.48. The Kier molecular flexibility index (Phi) is 1.77. The fourth-order valence-corrected chi connectivity index (χ4v) is 1.48. The van der Waals surface area contributed by atoms with E-state index >= 15 is 0 Å². The lowest BCUT2D eigenvalue weighted by Gasteiger charge is -2.24. The van der Waals surface area contributed by atoms with E-state index in [1.807, 2.05) is 20.8 Å². The van der Waals surface area contributed by atoms with E-state index in [-0.39, 0.29) is 18.3 Å². The molecule has 2 heterocycles. The van der Waals surface area contributed by atoms with Crippen LogP contribution in [-0.2, 0) is 9.47 Å². The SMILES string of the molecule is CC(C)(C)OC(=O)N1C[C@@H]2O[C@H]2C1. The number of amides is 1. The largest absolute Gasteiger partial charge is 0.444 e. The number of hydrogen-bond donors (Lipinski definition) is 0. The molecule has 4 heteroatoms. The molecule has 2 atom stereocenters. The van der Waals surface area contributed by atoms with Crippen LogP contribution in [0.2, 0.25) is 0 Å². The topological polar surface area (TPSA) is 42.1 Å². The molecule has 0 radical (unpaired) electrons. The lowest BCUT2D eigenvalue weighted by molar-refractivity contribution is 0.0230. The predicted octanol–water partition coefficient (Wildman–Crippen LogP) is 1.00. The first-order valence-corrected chi connectivity index (χ1v) is 4.59. The molecular weight excluding hydrogens is 170 g/mol. The Morgan fingerprint density at radius 3 is 2.38 bits per heavy atom. The molecule has 0 unspecified atom stereocenters. The molecule has 4 nitrogen and oxygen atoms in total. The summed E-state index contributed by atoms with van der Waals surface area (Å²) in [5, 5.41) is 0. The van der Waals surface area contributed by atoms with E-state index in [1.54, 1.807) is 4.90 Å². The number of carbonyl (C=O) groups excluding carboxylic acids is 1. The van der Waals surface area contributed by atoms with Crippen molar-refractivity contribution in [1.29, 1.82) is 0 Å². The third-order valence-electron chi connectivity index (χ3n) is 2.14. The monoisotopic (exact) mass is 185 g/mol. The zero-order valence-electron chi connectivity index (χ0n) is 8.24. The Balaban J connectivity index is 1.84. The molecule has 2 aliphatic heterocycles. The van der Waals surface area contributed by atoms with Gasteiger partial charge in [0.15, 0.2) is 0 Å². The molecule has 74 valence electrons. The van der Waals surface area contributed by atoms with Crippen molar-refractivity contribution in [3.05, 3.63) is 0 Å². The quantitative estimate of drug-likeness (QED) is 0.529. The van der Waals surface area contributed by atoms with Gasteiger partial charge >= 0.3 is 6.09 Å². The first-order valence-electron chi connectivity index (χ1n) is 4.59. The highest BCUT2D eigenvalue weighted by molar-refractivity contribution is 5.69. The van der Waals surface area contributed by atoms with Crippen molar-refractivity contribution in [2.45, 2.75) is 38.6 Å². The number of hydrogen-bond acceptors (Lipinski definition) is 3. The van der Waals surface area contributed by atoms with Gasteiger partial charge in [-0.05, 0) is 20.8 Å². The van der Waals surface area contributed by atoms with Gasteiger partial charge in [-0.15, -0.1) is 0 Å². The molecule has 1 amide bonds. The average molecular weight is 185 g/mol. The third-order valence-corrected chi connectivity index (χ3v) is 2.14. The van der Waals surface area contributed by atoms with Crippen LogP contribution in [0.5, 0.6) is 0 Å². The third kappa shape index (κ3) is 1.94. The molecule has 2 aliphatic rings. The number of epoxide rings is 1. The van der Waals surface area contributed by atoms with Crippen LogP contribution in [0.25, 0.3) is 0 Å². The van der Waals surface area contributed by atoms with E-state index < -0.39 is 5.60 Å². The smallest absolute Gasteiger partial charge is 0.410 e. The van der Waals surface area contributed by atoms with Gasteiger partial charge in [-0.2, -0.15) is 0 Å². The van der Waals surface area contributed by atoms with Crippen molar-refractivity contribution in [2.24, 2.45) is 0 Å². The minimum absolute atomic E-state index is 0.219. The highest BCUT2D eigenvalue weighted by Gasteiger charge is 2.49. The normalized spacial score (nSPS) is 31.5. The van der Waals surface area contributed by atoms with Crippen molar-refractivity contribution in [3.8, 4) is 0 Å². The fraction of sp³-hybridized carbons (Fsp3) is 0.889. The van der Waals surface area contributed by atoms with E-state index in [4.69, 9.17) is 9.47 Å². The first-order chi connectivity index (χ1) is 5.96. The maximum absolute atomic E-state index is 11.5. The van der Waals surface area contributed by atoms with Crippen molar-refractivity contribution in [1.82, 2.24) is 4.90 Å². The van der Waals surface area contributed by atoms with E-state index in [2.05, 4.69) is 0 Å². The molecule has 13 heavy (non-hydrogen) atoms. The number of likely N-dealkylation sites (tertiary alicyclic amines) is 1. The van der Waals surface area contributed by atoms with Crippen molar-refractivity contribution >= 4 is 6.09 Å². The Bertz CT molecular complexity index is 224. The second-order valence-corrected chi connectivity index (χ2v) is 4.60. The Morgan fingerprint density at radius 2 is 1.92 bits per heavy atom. The second-order valence-electron chi connectivity index (χ2n) is 4.60. The van der Waals surface area contributed by atoms with Gasteiger partial charge in [0.25, 0.3) is 0 Å². The van der Waals surface area contributed by atoms with Crippen molar-refractivity contribution in [3.63, 3.8) is 0 Å². The van der Waals surface area contributed by atoms with Gasteiger partial charge in [0.05, 0.1) is 13.1 Å². The van der Waals surface area contributed by atoms with Crippen LogP contribution in [0.15, 0.2) is 0 Å². The Hall–Kier alpha value is -0.770. The van der Waals surface area contributed by atoms with Crippen LogP contribution < -0.4 is 0 Å². The summed E-state index contributed by atoms with van der Waals surface area (Å²) in [5.74, 6) is 0. The predicted molar refractivity (Wildman–Crippen MR) is 46.5 cm³/mol. The maximum Gasteiger partial charge on any atom is 0.410 e. The lowest BCUT2D eigenvalue weighted by atomic mass is 10.2. The van der Waals surface area contributed by atoms with Gasteiger partial charge in [0, 0.05) is 0 Å². The molecule has 0 bridgehead atoms. The summed E-state index contributed by atoms with van der Waals surface area (Å²) in [6.45, 7) is 7.01. The van der Waals surface area contributed by atoms with Gasteiger partial charge in [-0.1, -0.05) is 0 Å².